The van der Waals surface area contributed by atoms with Gasteiger partial charge >= 0.3 is 0 Å². The minimum atomic E-state index is -0.821. The predicted molar refractivity (Wildman–Crippen MR) is 61.4 cm³/mol. The highest BCUT2D eigenvalue weighted by atomic mass is 19.2. The van der Waals surface area contributed by atoms with E-state index in [1.165, 1.54) is 6.07 Å². The van der Waals surface area contributed by atoms with Gasteiger partial charge in [0.2, 0.25) is 0 Å². The second-order valence-corrected chi connectivity index (χ2v) is 4.81. The largest absolute Gasteiger partial charge is 0.392 e. The van der Waals surface area contributed by atoms with Gasteiger partial charge in [-0.2, -0.15) is 0 Å². The number of aliphatic hydroxyl groups is 1. The van der Waals surface area contributed by atoms with Gasteiger partial charge < -0.3 is 5.11 Å². The molecule has 1 N–H and O–H groups in total. The first-order valence-electron chi connectivity index (χ1n) is 5.87. The molecule has 94 valence electrons. The van der Waals surface area contributed by atoms with E-state index in [9.17, 15) is 13.9 Å². The molecule has 0 aromatic heterocycles. The van der Waals surface area contributed by atoms with E-state index < -0.39 is 11.6 Å². The summed E-state index contributed by atoms with van der Waals surface area (Å²) in [5.74, 6) is -1.21. The number of hydrogen-bond donors (Lipinski definition) is 1. The van der Waals surface area contributed by atoms with E-state index in [4.69, 9.17) is 0 Å². The summed E-state index contributed by atoms with van der Waals surface area (Å²) in [6.45, 7) is 0.813. The zero-order chi connectivity index (χ0) is 12.4. The molecule has 17 heavy (non-hydrogen) atoms. The average molecular weight is 241 g/mol. The molecule has 4 heteroatoms. The molecule has 1 aliphatic rings. The standard InChI is InChI=1S/C13H17F2NO/c1-16(8-12(17)9-5-6-9)7-10-3-2-4-11(14)13(10)15/h2-4,9,12,17H,5-8H2,1H3. The van der Waals surface area contributed by atoms with Gasteiger partial charge in [-0.1, -0.05) is 12.1 Å². The number of aliphatic hydroxyl groups excluding tert-OH is 1. The maximum atomic E-state index is 13.4. The van der Waals surface area contributed by atoms with E-state index in [1.807, 2.05) is 4.90 Å². The van der Waals surface area contributed by atoms with Crippen molar-refractivity contribution in [2.24, 2.45) is 5.92 Å². The fraction of sp³-hybridized carbons (Fsp3) is 0.538. The maximum Gasteiger partial charge on any atom is 0.163 e. The zero-order valence-electron chi connectivity index (χ0n) is 9.87. The van der Waals surface area contributed by atoms with Crippen LogP contribution >= 0.6 is 0 Å². The van der Waals surface area contributed by atoms with Crippen molar-refractivity contribution in [3.63, 3.8) is 0 Å². The van der Waals surface area contributed by atoms with Gasteiger partial charge in [-0.15, -0.1) is 0 Å². The lowest BCUT2D eigenvalue weighted by molar-refractivity contribution is 0.103. The van der Waals surface area contributed by atoms with Crippen molar-refractivity contribution in [2.75, 3.05) is 13.6 Å². The molecule has 1 aromatic carbocycles. The summed E-state index contributed by atoms with van der Waals surface area (Å²) in [6, 6.07) is 4.18. The first kappa shape index (κ1) is 12.5. The second kappa shape index (κ2) is 5.10. The van der Waals surface area contributed by atoms with Crippen LogP contribution in [0.3, 0.4) is 0 Å². The Hall–Kier alpha value is -1.00. The smallest absolute Gasteiger partial charge is 0.163 e. The third-order valence-corrected chi connectivity index (χ3v) is 3.14. The second-order valence-electron chi connectivity index (χ2n) is 4.81. The van der Waals surface area contributed by atoms with Gasteiger partial charge in [0.1, 0.15) is 0 Å². The maximum absolute atomic E-state index is 13.4. The van der Waals surface area contributed by atoms with Crippen LogP contribution in [-0.4, -0.2) is 29.7 Å². The molecule has 2 nitrogen and oxygen atoms in total. The van der Waals surface area contributed by atoms with Gasteiger partial charge in [0.15, 0.2) is 11.6 Å². The SMILES string of the molecule is CN(Cc1cccc(F)c1F)CC(O)C1CC1. The normalized spacial score (nSPS) is 17.5. The van der Waals surface area contributed by atoms with Gasteiger partial charge in [-0.3, -0.25) is 4.90 Å². The third kappa shape index (κ3) is 3.23. The summed E-state index contributed by atoms with van der Waals surface area (Å²) in [6.07, 6.45) is 1.80. The molecule has 1 aromatic rings. The number of nitrogens with zero attached hydrogens (tertiary/aromatic N) is 1. The quantitative estimate of drug-likeness (QED) is 0.854. The lowest BCUT2D eigenvalue weighted by Crippen LogP contribution is -2.30. The Bertz CT molecular complexity index is 393. The highest BCUT2D eigenvalue weighted by Gasteiger charge is 2.30. The monoisotopic (exact) mass is 241 g/mol. The Morgan fingerprint density at radius 2 is 2.12 bits per heavy atom. The highest BCUT2D eigenvalue weighted by Crippen LogP contribution is 2.32. The fourth-order valence-corrected chi connectivity index (χ4v) is 1.98. The van der Waals surface area contributed by atoms with Crippen LogP contribution in [0.2, 0.25) is 0 Å². The molecule has 1 atom stereocenters. The number of hydrogen-bond acceptors (Lipinski definition) is 2. The molecular weight excluding hydrogens is 224 g/mol. The van der Waals surface area contributed by atoms with Gasteiger partial charge in [0, 0.05) is 18.7 Å². The lowest BCUT2D eigenvalue weighted by Gasteiger charge is -2.20. The average Bonchev–Trinajstić information content (AvgIpc) is 3.08. The summed E-state index contributed by atoms with van der Waals surface area (Å²) >= 11 is 0. The van der Waals surface area contributed by atoms with E-state index in [1.54, 1.807) is 13.1 Å². The first-order valence-corrected chi connectivity index (χ1v) is 5.87. The van der Waals surface area contributed by atoms with E-state index in [0.29, 0.717) is 24.6 Å². The Labute approximate surface area is 99.9 Å². The van der Waals surface area contributed by atoms with Crippen molar-refractivity contribution in [3.8, 4) is 0 Å². The summed E-state index contributed by atoms with van der Waals surface area (Å²) < 4.78 is 26.4. The van der Waals surface area contributed by atoms with Gasteiger partial charge in [0.05, 0.1) is 6.10 Å². The fourth-order valence-electron chi connectivity index (χ4n) is 1.98. The molecule has 1 saturated carbocycles. The summed E-state index contributed by atoms with van der Waals surface area (Å²) in [5.41, 5.74) is 0.329. The van der Waals surface area contributed by atoms with Crippen molar-refractivity contribution in [1.82, 2.24) is 4.90 Å². The number of benzene rings is 1. The van der Waals surface area contributed by atoms with Crippen molar-refractivity contribution < 1.29 is 13.9 Å². The topological polar surface area (TPSA) is 23.5 Å². The van der Waals surface area contributed by atoms with E-state index in [-0.39, 0.29) is 6.10 Å². The molecule has 0 spiro atoms. The summed E-state index contributed by atoms with van der Waals surface area (Å²) in [7, 11) is 1.80. The van der Waals surface area contributed by atoms with E-state index in [2.05, 4.69) is 0 Å². The minimum absolute atomic E-state index is 0.313. The molecule has 2 rings (SSSR count). The molecule has 0 amide bonds. The van der Waals surface area contributed by atoms with Crippen LogP contribution in [0.1, 0.15) is 18.4 Å². The van der Waals surface area contributed by atoms with Crippen LogP contribution < -0.4 is 0 Å². The van der Waals surface area contributed by atoms with E-state index >= 15 is 0 Å². The Morgan fingerprint density at radius 1 is 1.41 bits per heavy atom. The van der Waals surface area contributed by atoms with Crippen LogP contribution in [0.25, 0.3) is 0 Å². The third-order valence-electron chi connectivity index (χ3n) is 3.14. The van der Waals surface area contributed by atoms with Gasteiger partial charge in [-0.05, 0) is 31.9 Å². The highest BCUT2D eigenvalue weighted by molar-refractivity contribution is 5.18. The number of rotatable bonds is 5. The lowest BCUT2D eigenvalue weighted by atomic mass is 10.1. The number of halogens is 2. The van der Waals surface area contributed by atoms with E-state index in [0.717, 1.165) is 18.9 Å². The Kier molecular flexibility index (Phi) is 3.74. The van der Waals surface area contributed by atoms with Crippen LogP contribution in [-0.2, 0) is 6.54 Å². The molecule has 0 heterocycles. The molecule has 1 aliphatic carbocycles. The molecule has 1 fully saturated rings. The Balaban J connectivity index is 1.92. The molecule has 0 bridgehead atoms. The van der Waals surface area contributed by atoms with Gasteiger partial charge in [0.25, 0.3) is 0 Å². The zero-order valence-corrected chi connectivity index (χ0v) is 9.87. The Morgan fingerprint density at radius 3 is 2.76 bits per heavy atom. The van der Waals surface area contributed by atoms with Gasteiger partial charge in [-0.25, -0.2) is 8.78 Å². The van der Waals surface area contributed by atoms with Crippen LogP contribution in [0, 0.1) is 17.6 Å². The summed E-state index contributed by atoms with van der Waals surface area (Å²) in [4.78, 5) is 1.82. The van der Waals surface area contributed by atoms with Crippen LogP contribution in [0.15, 0.2) is 18.2 Å². The molecule has 1 unspecified atom stereocenters. The minimum Gasteiger partial charge on any atom is -0.392 e. The molecule has 0 aliphatic heterocycles. The predicted octanol–water partition coefficient (Wildman–Crippen LogP) is 2.17. The van der Waals surface area contributed by atoms with Crippen LogP contribution in [0.4, 0.5) is 8.78 Å². The van der Waals surface area contributed by atoms with Crippen LogP contribution in [0.5, 0.6) is 0 Å². The molecular formula is C13H17F2NO. The molecule has 0 radical (unpaired) electrons. The van der Waals surface area contributed by atoms with Crippen molar-refractivity contribution in [3.05, 3.63) is 35.4 Å². The molecule has 0 saturated heterocycles. The first-order chi connectivity index (χ1) is 8.08. The van der Waals surface area contributed by atoms with Crippen molar-refractivity contribution in [1.29, 1.82) is 0 Å². The van der Waals surface area contributed by atoms with Crippen molar-refractivity contribution in [2.45, 2.75) is 25.5 Å². The van der Waals surface area contributed by atoms with Crippen molar-refractivity contribution >= 4 is 0 Å². The summed E-state index contributed by atoms with van der Waals surface area (Å²) in [5, 5.41) is 9.75. The number of likely N-dealkylation sites (N-methyl/N-ethyl adjacent to an activating group) is 1.